The molecule has 0 aromatic heterocycles. The molecule has 2 heteroatoms. The number of hydrogen-bond acceptors (Lipinski definition) is 2. The smallest absolute Gasteiger partial charge is 0.0319 e. The summed E-state index contributed by atoms with van der Waals surface area (Å²) in [5.74, 6) is 0. The van der Waals surface area contributed by atoms with Crippen molar-refractivity contribution in [2.24, 2.45) is 0 Å². The summed E-state index contributed by atoms with van der Waals surface area (Å²) in [7, 11) is 0. The van der Waals surface area contributed by atoms with Crippen molar-refractivity contribution in [2.75, 3.05) is 26.2 Å². The first kappa shape index (κ1) is 11.6. The van der Waals surface area contributed by atoms with Gasteiger partial charge in [-0.15, -0.1) is 0 Å². The maximum atomic E-state index is 3.46. The van der Waals surface area contributed by atoms with Crippen molar-refractivity contribution >= 4 is 0 Å². The Kier molecular flexibility index (Phi) is 4.37. The largest absolute Gasteiger partial charge is 0.317 e. The highest BCUT2D eigenvalue weighted by molar-refractivity contribution is 5.18. The van der Waals surface area contributed by atoms with Gasteiger partial charge < -0.3 is 5.32 Å². The normalized spacial score (nSPS) is 21.1. The molecule has 1 saturated heterocycles. The molecule has 1 atom stereocenters. The Hall–Kier alpha value is -0.860. The van der Waals surface area contributed by atoms with Gasteiger partial charge in [0.25, 0.3) is 0 Å². The van der Waals surface area contributed by atoms with Gasteiger partial charge in [-0.3, -0.25) is 4.90 Å². The van der Waals surface area contributed by atoms with Crippen molar-refractivity contribution in [3.63, 3.8) is 0 Å². The van der Waals surface area contributed by atoms with Crippen LogP contribution in [0.2, 0.25) is 0 Å². The first-order valence-electron chi connectivity index (χ1n) is 6.37. The lowest BCUT2D eigenvalue weighted by atomic mass is 10.1. The molecule has 1 unspecified atom stereocenters. The molecule has 0 aliphatic carbocycles. The van der Waals surface area contributed by atoms with Crippen LogP contribution in [0.15, 0.2) is 30.3 Å². The van der Waals surface area contributed by atoms with Crippen LogP contribution < -0.4 is 5.32 Å². The second-order valence-electron chi connectivity index (χ2n) is 4.58. The number of benzene rings is 1. The fourth-order valence-corrected chi connectivity index (χ4v) is 2.38. The second-order valence-corrected chi connectivity index (χ2v) is 4.58. The van der Waals surface area contributed by atoms with Gasteiger partial charge in [-0.1, -0.05) is 30.3 Å². The van der Waals surface area contributed by atoms with Gasteiger partial charge in [0, 0.05) is 6.04 Å². The highest BCUT2D eigenvalue weighted by Gasteiger charge is 2.15. The summed E-state index contributed by atoms with van der Waals surface area (Å²) in [5, 5.41) is 3.46. The molecule has 1 aromatic carbocycles. The van der Waals surface area contributed by atoms with E-state index in [2.05, 4.69) is 47.5 Å². The molecule has 0 spiro atoms. The zero-order valence-corrected chi connectivity index (χ0v) is 10.2. The Balaban J connectivity index is 1.99. The van der Waals surface area contributed by atoms with Gasteiger partial charge >= 0.3 is 0 Å². The molecular formula is C14H22N2. The van der Waals surface area contributed by atoms with Crippen molar-refractivity contribution in [1.82, 2.24) is 10.2 Å². The molecule has 0 bridgehead atoms. The topological polar surface area (TPSA) is 15.3 Å². The van der Waals surface area contributed by atoms with Crippen LogP contribution in [0.5, 0.6) is 0 Å². The van der Waals surface area contributed by atoms with Crippen LogP contribution in [0.4, 0.5) is 0 Å². The molecule has 0 saturated carbocycles. The maximum absolute atomic E-state index is 3.46. The molecule has 1 fully saturated rings. The predicted octanol–water partition coefficient (Wildman–Crippen LogP) is 2.43. The van der Waals surface area contributed by atoms with E-state index in [0.717, 1.165) is 13.1 Å². The average Bonchev–Trinajstić information content (AvgIpc) is 2.29. The highest BCUT2D eigenvalue weighted by atomic mass is 15.2. The summed E-state index contributed by atoms with van der Waals surface area (Å²) < 4.78 is 0. The van der Waals surface area contributed by atoms with Crippen molar-refractivity contribution in [3.8, 4) is 0 Å². The fourth-order valence-electron chi connectivity index (χ4n) is 2.38. The van der Waals surface area contributed by atoms with Gasteiger partial charge in [-0.2, -0.15) is 0 Å². The van der Waals surface area contributed by atoms with E-state index in [1.807, 2.05) is 0 Å². The number of nitrogens with zero attached hydrogens (tertiary/aromatic N) is 1. The van der Waals surface area contributed by atoms with Crippen molar-refractivity contribution in [1.29, 1.82) is 0 Å². The van der Waals surface area contributed by atoms with Crippen LogP contribution >= 0.6 is 0 Å². The van der Waals surface area contributed by atoms with Crippen LogP contribution in [-0.4, -0.2) is 31.1 Å². The Morgan fingerprint density at radius 2 is 1.69 bits per heavy atom. The predicted molar refractivity (Wildman–Crippen MR) is 68.5 cm³/mol. The van der Waals surface area contributed by atoms with Crippen LogP contribution in [0.3, 0.4) is 0 Å². The molecular weight excluding hydrogens is 196 g/mol. The van der Waals surface area contributed by atoms with E-state index in [-0.39, 0.29) is 0 Å². The summed E-state index contributed by atoms with van der Waals surface area (Å²) in [6.07, 6.45) is 2.52. The van der Waals surface area contributed by atoms with Crippen molar-refractivity contribution < 1.29 is 0 Å². The molecule has 1 aromatic rings. The highest BCUT2D eigenvalue weighted by Crippen LogP contribution is 2.20. The van der Waals surface area contributed by atoms with Crippen LogP contribution in [0, 0.1) is 0 Å². The number of nitrogens with one attached hydrogen (secondary N) is 1. The Morgan fingerprint density at radius 1 is 1.06 bits per heavy atom. The summed E-state index contributed by atoms with van der Waals surface area (Å²) in [6, 6.07) is 11.4. The second kappa shape index (κ2) is 6.02. The summed E-state index contributed by atoms with van der Waals surface area (Å²) in [6.45, 7) is 7.08. The molecule has 2 nitrogen and oxygen atoms in total. The molecule has 2 rings (SSSR count). The van der Waals surface area contributed by atoms with E-state index in [1.54, 1.807) is 0 Å². The van der Waals surface area contributed by atoms with Crippen molar-refractivity contribution in [3.05, 3.63) is 35.9 Å². The van der Waals surface area contributed by atoms with Gasteiger partial charge in [0.15, 0.2) is 0 Å². The minimum Gasteiger partial charge on any atom is -0.317 e. The summed E-state index contributed by atoms with van der Waals surface area (Å²) in [4.78, 5) is 2.61. The van der Waals surface area contributed by atoms with E-state index in [1.165, 1.54) is 31.5 Å². The minimum atomic E-state index is 0.555. The zero-order chi connectivity index (χ0) is 11.2. The first-order valence-corrected chi connectivity index (χ1v) is 6.37. The Bertz CT molecular complexity index is 289. The van der Waals surface area contributed by atoms with E-state index >= 15 is 0 Å². The third kappa shape index (κ3) is 3.06. The first-order chi connectivity index (χ1) is 7.88. The van der Waals surface area contributed by atoms with E-state index < -0.39 is 0 Å². The van der Waals surface area contributed by atoms with E-state index in [4.69, 9.17) is 0 Å². The quantitative estimate of drug-likeness (QED) is 0.820. The molecule has 1 aliphatic heterocycles. The lowest BCUT2D eigenvalue weighted by Gasteiger charge is -2.31. The lowest BCUT2D eigenvalue weighted by molar-refractivity contribution is 0.195. The molecule has 1 heterocycles. The van der Waals surface area contributed by atoms with Crippen LogP contribution in [-0.2, 0) is 0 Å². The van der Waals surface area contributed by atoms with Gasteiger partial charge in [-0.25, -0.2) is 0 Å². The third-order valence-electron chi connectivity index (χ3n) is 3.43. The van der Waals surface area contributed by atoms with E-state index in [9.17, 15) is 0 Å². The van der Waals surface area contributed by atoms with Gasteiger partial charge in [0.1, 0.15) is 0 Å². The van der Waals surface area contributed by atoms with Gasteiger partial charge in [0.05, 0.1) is 0 Å². The molecule has 88 valence electrons. The minimum absolute atomic E-state index is 0.555. The fraction of sp³-hybridized carbons (Fsp3) is 0.571. The third-order valence-corrected chi connectivity index (χ3v) is 3.43. The molecule has 16 heavy (non-hydrogen) atoms. The molecule has 0 amide bonds. The Morgan fingerprint density at radius 3 is 2.31 bits per heavy atom. The zero-order valence-electron chi connectivity index (χ0n) is 10.2. The van der Waals surface area contributed by atoms with Crippen molar-refractivity contribution in [2.45, 2.75) is 25.8 Å². The van der Waals surface area contributed by atoms with Gasteiger partial charge in [-0.05, 0) is 51.5 Å². The number of rotatable bonds is 2. The standard InChI is InChI=1S/C14H22N2/c1-13(14-7-3-2-4-8-14)16-11-5-9-15-10-6-12-16/h2-4,7-8,13,15H,5-6,9-12H2,1H3. The molecule has 1 N–H and O–H groups in total. The number of hydrogen-bond donors (Lipinski definition) is 1. The lowest BCUT2D eigenvalue weighted by Crippen LogP contribution is -2.35. The molecule has 0 radical (unpaired) electrons. The maximum Gasteiger partial charge on any atom is 0.0319 e. The Labute approximate surface area is 98.7 Å². The van der Waals surface area contributed by atoms with E-state index in [0.29, 0.717) is 6.04 Å². The SMILES string of the molecule is CC(c1ccccc1)N1CCCNCCC1. The van der Waals surface area contributed by atoms with Gasteiger partial charge in [0.2, 0.25) is 0 Å². The summed E-state index contributed by atoms with van der Waals surface area (Å²) >= 11 is 0. The van der Waals surface area contributed by atoms with Crippen LogP contribution in [0.25, 0.3) is 0 Å². The molecule has 1 aliphatic rings. The van der Waals surface area contributed by atoms with Crippen LogP contribution in [0.1, 0.15) is 31.4 Å². The summed E-state index contributed by atoms with van der Waals surface area (Å²) in [5.41, 5.74) is 1.44. The monoisotopic (exact) mass is 218 g/mol. The average molecular weight is 218 g/mol.